The second kappa shape index (κ2) is 5.89. The van der Waals surface area contributed by atoms with Crippen LogP contribution in [0, 0.1) is 0 Å². The summed E-state index contributed by atoms with van der Waals surface area (Å²) in [6.45, 7) is 3.47. The van der Waals surface area contributed by atoms with Gasteiger partial charge in [-0.2, -0.15) is 4.98 Å². The number of thioether (sulfide) groups is 1. The summed E-state index contributed by atoms with van der Waals surface area (Å²) < 4.78 is 11.2. The largest absolute Gasteiger partial charge is 0.480 e. The molecule has 1 aliphatic heterocycles. The summed E-state index contributed by atoms with van der Waals surface area (Å²) in [6, 6.07) is 7.88. The fourth-order valence-electron chi connectivity index (χ4n) is 2.30. The fraction of sp³-hybridized carbons (Fsp3) is 0.400. The van der Waals surface area contributed by atoms with Crippen molar-refractivity contribution in [1.29, 1.82) is 0 Å². The highest BCUT2D eigenvalue weighted by molar-refractivity contribution is 7.99. The van der Waals surface area contributed by atoms with E-state index in [9.17, 15) is 4.79 Å². The molecule has 0 spiro atoms. The highest BCUT2D eigenvalue weighted by Gasteiger charge is 2.28. The molecule has 1 aliphatic rings. The van der Waals surface area contributed by atoms with E-state index in [1.54, 1.807) is 18.7 Å². The number of benzene rings is 1. The molecule has 2 heterocycles. The Morgan fingerprint density at radius 3 is 3.05 bits per heavy atom. The smallest absolute Gasteiger partial charge is 0.237 e. The van der Waals surface area contributed by atoms with Crippen molar-refractivity contribution in [2.75, 3.05) is 5.75 Å². The van der Waals surface area contributed by atoms with Crippen LogP contribution in [-0.4, -0.2) is 21.7 Å². The van der Waals surface area contributed by atoms with Gasteiger partial charge in [0.15, 0.2) is 6.10 Å². The molecule has 0 saturated heterocycles. The van der Waals surface area contributed by atoms with Gasteiger partial charge < -0.3 is 9.26 Å². The number of rotatable bonds is 4. The van der Waals surface area contributed by atoms with Crippen molar-refractivity contribution in [3.8, 4) is 5.75 Å². The number of hydrogen-bond acceptors (Lipinski definition) is 6. The first-order chi connectivity index (χ1) is 10.2. The van der Waals surface area contributed by atoms with Crippen LogP contribution >= 0.6 is 11.8 Å². The molecule has 0 N–H and O–H groups in total. The molecule has 0 aliphatic carbocycles. The van der Waals surface area contributed by atoms with Crippen LogP contribution in [0.5, 0.6) is 5.75 Å². The van der Waals surface area contributed by atoms with Crippen molar-refractivity contribution in [2.45, 2.75) is 37.2 Å². The maximum Gasteiger partial charge on any atom is 0.237 e. The molecule has 3 rings (SSSR count). The van der Waals surface area contributed by atoms with E-state index in [1.807, 2.05) is 31.2 Å². The van der Waals surface area contributed by atoms with Crippen LogP contribution in [0.3, 0.4) is 0 Å². The third-order valence-electron chi connectivity index (χ3n) is 3.45. The molecule has 6 heteroatoms. The van der Waals surface area contributed by atoms with Gasteiger partial charge in [0.2, 0.25) is 11.7 Å². The molecule has 0 radical (unpaired) electrons. The quantitative estimate of drug-likeness (QED) is 0.862. The van der Waals surface area contributed by atoms with E-state index < -0.39 is 0 Å². The second-order valence-electron chi connectivity index (χ2n) is 4.93. The lowest BCUT2D eigenvalue weighted by Crippen LogP contribution is -2.16. The van der Waals surface area contributed by atoms with E-state index in [4.69, 9.17) is 9.26 Å². The zero-order valence-corrected chi connectivity index (χ0v) is 12.7. The molecular weight excluding hydrogens is 288 g/mol. The number of nitrogens with zero attached hydrogens (tertiary/aromatic N) is 2. The Morgan fingerprint density at radius 2 is 2.29 bits per heavy atom. The van der Waals surface area contributed by atoms with Crippen LogP contribution in [-0.2, 0) is 4.79 Å². The lowest BCUT2D eigenvalue weighted by molar-refractivity contribution is -0.119. The van der Waals surface area contributed by atoms with E-state index in [0.717, 1.165) is 16.4 Å². The Kier molecular flexibility index (Phi) is 3.96. The van der Waals surface area contributed by atoms with Gasteiger partial charge in [-0.3, -0.25) is 4.79 Å². The van der Waals surface area contributed by atoms with Gasteiger partial charge in [0.25, 0.3) is 0 Å². The molecule has 110 valence electrons. The number of Topliss-reactive ketones (excluding diaryl/α,β-unsaturated/α-hetero) is 1. The van der Waals surface area contributed by atoms with Gasteiger partial charge >= 0.3 is 0 Å². The van der Waals surface area contributed by atoms with Crippen molar-refractivity contribution in [3.63, 3.8) is 0 Å². The number of ketones is 1. The van der Waals surface area contributed by atoms with E-state index >= 15 is 0 Å². The Balaban J connectivity index is 1.80. The molecule has 2 aromatic rings. The maximum absolute atomic E-state index is 11.6. The molecule has 21 heavy (non-hydrogen) atoms. The minimum absolute atomic E-state index is 0.0389. The zero-order valence-electron chi connectivity index (χ0n) is 11.9. The van der Waals surface area contributed by atoms with E-state index in [1.165, 1.54) is 0 Å². The number of hydrogen-bond donors (Lipinski definition) is 0. The number of aromatic nitrogens is 2. The third-order valence-corrected chi connectivity index (χ3v) is 4.57. The Labute approximate surface area is 127 Å². The SMILES string of the molecule is CCC(C(C)=O)c1nc(C2CSc3ccccc3O2)no1. The average molecular weight is 304 g/mol. The van der Waals surface area contributed by atoms with Crippen molar-refractivity contribution < 1.29 is 14.1 Å². The van der Waals surface area contributed by atoms with Crippen LogP contribution < -0.4 is 4.74 Å². The molecule has 2 atom stereocenters. The van der Waals surface area contributed by atoms with Gasteiger partial charge in [0.05, 0.1) is 5.92 Å². The molecule has 0 fully saturated rings. The summed E-state index contributed by atoms with van der Waals surface area (Å²) in [6.07, 6.45) is 0.409. The highest BCUT2D eigenvalue weighted by Crippen LogP contribution is 2.39. The first kappa shape index (κ1) is 14.1. The van der Waals surface area contributed by atoms with Crippen LogP contribution in [0.2, 0.25) is 0 Å². The van der Waals surface area contributed by atoms with Crippen LogP contribution in [0.1, 0.15) is 44.0 Å². The lowest BCUT2D eigenvalue weighted by atomic mass is 10.0. The first-order valence-corrected chi connectivity index (χ1v) is 7.90. The molecule has 5 nitrogen and oxygen atoms in total. The average Bonchev–Trinajstić information content (AvgIpc) is 2.96. The van der Waals surface area contributed by atoms with Crippen molar-refractivity contribution in [3.05, 3.63) is 36.0 Å². The van der Waals surface area contributed by atoms with Crippen molar-refractivity contribution in [2.24, 2.45) is 0 Å². The minimum Gasteiger partial charge on any atom is -0.480 e. The monoisotopic (exact) mass is 304 g/mol. The summed E-state index contributed by atoms with van der Waals surface area (Å²) in [5.74, 6) is 2.17. The number of fused-ring (bicyclic) bond motifs is 1. The summed E-state index contributed by atoms with van der Waals surface area (Å²) in [4.78, 5) is 17.0. The second-order valence-corrected chi connectivity index (χ2v) is 5.99. The van der Waals surface area contributed by atoms with Crippen molar-refractivity contribution in [1.82, 2.24) is 10.1 Å². The number of ether oxygens (including phenoxy) is 1. The normalized spacial score (nSPS) is 18.7. The van der Waals surface area contributed by atoms with Crippen molar-refractivity contribution >= 4 is 17.5 Å². The number of para-hydroxylation sites is 1. The number of carbonyl (C=O) groups excluding carboxylic acids is 1. The summed E-state index contributed by atoms with van der Waals surface area (Å²) >= 11 is 1.71. The van der Waals surface area contributed by atoms with E-state index in [0.29, 0.717) is 18.1 Å². The summed E-state index contributed by atoms with van der Waals surface area (Å²) in [7, 11) is 0. The third kappa shape index (κ3) is 2.81. The Morgan fingerprint density at radius 1 is 1.48 bits per heavy atom. The molecule has 0 bridgehead atoms. The minimum atomic E-state index is -0.324. The lowest BCUT2D eigenvalue weighted by Gasteiger charge is -2.22. The van der Waals surface area contributed by atoms with Gasteiger partial charge in [0, 0.05) is 10.6 Å². The molecular formula is C15H16N2O3S. The molecule has 2 unspecified atom stereocenters. The van der Waals surface area contributed by atoms with Gasteiger partial charge in [-0.05, 0) is 25.5 Å². The molecule has 0 saturated carbocycles. The first-order valence-electron chi connectivity index (χ1n) is 6.91. The zero-order chi connectivity index (χ0) is 14.8. The van der Waals surface area contributed by atoms with Crippen LogP contribution in [0.4, 0.5) is 0 Å². The fourth-order valence-corrected chi connectivity index (χ4v) is 3.28. The van der Waals surface area contributed by atoms with Gasteiger partial charge in [-0.1, -0.05) is 24.2 Å². The van der Waals surface area contributed by atoms with Gasteiger partial charge in [-0.25, -0.2) is 0 Å². The molecule has 1 aromatic heterocycles. The number of carbonyl (C=O) groups is 1. The molecule has 1 aromatic carbocycles. The summed E-state index contributed by atoms with van der Waals surface area (Å²) in [5, 5.41) is 3.99. The van der Waals surface area contributed by atoms with E-state index in [2.05, 4.69) is 10.1 Å². The van der Waals surface area contributed by atoms with Crippen LogP contribution in [0.25, 0.3) is 0 Å². The van der Waals surface area contributed by atoms with E-state index in [-0.39, 0.29) is 17.8 Å². The predicted molar refractivity (Wildman–Crippen MR) is 78.5 cm³/mol. The molecule has 0 amide bonds. The van der Waals surface area contributed by atoms with Gasteiger partial charge in [-0.15, -0.1) is 11.8 Å². The Bertz CT molecular complexity index is 656. The van der Waals surface area contributed by atoms with Gasteiger partial charge in [0.1, 0.15) is 11.5 Å². The maximum atomic E-state index is 11.6. The predicted octanol–water partition coefficient (Wildman–Crippen LogP) is 3.38. The highest BCUT2D eigenvalue weighted by atomic mass is 32.2. The summed E-state index contributed by atoms with van der Waals surface area (Å²) in [5.41, 5.74) is 0. The Hall–Kier alpha value is -1.82. The topological polar surface area (TPSA) is 65.2 Å². The standard InChI is InChI=1S/C15H16N2O3S/c1-3-10(9(2)18)15-16-14(17-20-15)12-8-21-13-7-5-4-6-11(13)19-12/h4-7,10,12H,3,8H2,1-2H3. The van der Waals surface area contributed by atoms with Crippen LogP contribution in [0.15, 0.2) is 33.7 Å².